The van der Waals surface area contributed by atoms with Crippen molar-refractivity contribution in [2.75, 3.05) is 26.2 Å². The highest BCUT2D eigenvalue weighted by Gasteiger charge is 2.52. The fourth-order valence-electron chi connectivity index (χ4n) is 3.68. The third-order valence-corrected chi connectivity index (χ3v) is 5.07. The molecule has 1 N–H and O–H groups in total. The number of ether oxygens (including phenoxy) is 1. The van der Waals surface area contributed by atoms with Crippen molar-refractivity contribution in [1.82, 2.24) is 10.2 Å². The number of hydrogen-bond donors (Lipinski definition) is 1. The van der Waals surface area contributed by atoms with Gasteiger partial charge in [0, 0.05) is 30.7 Å². The summed E-state index contributed by atoms with van der Waals surface area (Å²) in [7, 11) is 0. The molecule has 2 rings (SSSR count). The van der Waals surface area contributed by atoms with Crippen LogP contribution in [0.3, 0.4) is 0 Å². The summed E-state index contributed by atoms with van der Waals surface area (Å²) in [4.78, 5) is 2.71. The van der Waals surface area contributed by atoms with E-state index in [9.17, 15) is 0 Å². The van der Waals surface area contributed by atoms with Gasteiger partial charge in [-0.15, -0.1) is 0 Å². The van der Waals surface area contributed by atoms with Crippen molar-refractivity contribution < 1.29 is 4.74 Å². The van der Waals surface area contributed by atoms with Gasteiger partial charge in [0.1, 0.15) is 0 Å². The van der Waals surface area contributed by atoms with Crippen LogP contribution in [0.25, 0.3) is 0 Å². The van der Waals surface area contributed by atoms with Crippen molar-refractivity contribution in [3.8, 4) is 0 Å². The zero-order valence-corrected chi connectivity index (χ0v) is 13.4. The molecule has 0 spiro atoms. The van der Waals surface area contributed by atoms with Crippen LogP contribution in [0.1, 0.15) is 47.5 Å². The quantitative estimate of drug-likeness (QED) is 0.801. The normalized spacial score (nSPS) is 34.7. The number of rotatable bonds is 6. The van der Waals surface area contributed by atoms with Gasteiger partial charge in [-0.2, -0.15) is 0 Å². The summed E-state index contributed by atoms with van der Waals surface area (Å²) < 4.78 is 5.85. The van der Waals surface area contributed by atoms with E-state index in [1.807, 2.05) is 0 Å². The minimum Gasteiger partial charge on any atom is -0.378 e. The van der Waals surface area contributed by atoms with Crippen molar-refractivity contribution in [3.63, 3.8) is 0 Å². The average molecular weight is 268 g/mol. The minimum atomic E-state index is 0.330. The second kappa shape index (κ2) is 6.11. The van der Waals surface area contributed by atoms with Crippen LogP contribution in [0.5, 0.6) is 0 Å². The Morgan fingerprint density at radius 1 is 1.37 bits per heavy atom. The van der Waals surface area contributed by atoms with Crippen LogP contribution in [0.4, 0.5) is 0 Å². The smallest absolute Gasteiger partial charge is 0.0655 e. The first kappa shape index (κ1) is 15.3. The van der Waals surface area contributed by atoms with Crippen LogP contribution in [0.2, 0.25) is 0 Å². The molecule has 0 aromatic carbocycles. The van der Waals surface area contributed by atoms with E-state index in [0.717, 1.165) is 18.6 Å². The molecule has 1 saturated carbocycles. The zero-order valence-electron chi connectivity index (χ0n) is 13.4. The molecule has 1 aliphatic heterocycles. The molecular weight excluding hydrogens is 236 g/mol. The maximum absolute atomic E-state index is 5.85. The molecule has 3 unspecified atom stereocenters. The maximum Gasteiger partial charge on any atom is 0.0655 e. The first-order valence-electron chi connectivity index (χ1n) is 8.04. The Morgan fingerprint density at radius 2 is 2.11 bits per heavy atom. The third-order valence-electron chi connectivity index (χ3n) is 5.07. The molecular formula is C16H32N2O. The number of nitrogens with zero attached hydrogens (tertiary/aromatic N) is 1. The Labute approximate surface area is 119 Å². The molecule has 0 bridgehead atoms. The fraction of sp³-hybridized carbons (Fsp3) is 1.00. The van der Waals surface area contributed by atoms with E-state index in [4.69, 9.17) is 4.74 Å². The van der Waals surface area contributed by atoms with Gasteiger partial charge in [-0.1, -0.05) is 27.7 Å². The van der Waals surface area contributed by atoms with Gasteiger partial charge in [0.25, 0.3) is 0 Å². The Morgan fingerprint density at radius 3 is 2.68 bits per heavy atom. The van der Waals surface area contributed by atoms with Gasteiger partial charge in [0.05, 0.1) is 6.10 Å². The molecule has 1 aliphatic carbocycles. The highest BCUT2D eigenvalue weighted by Crippen LogP contribution is 2.47. The van der Waals surface area contributed by atoms with E-state index in [1.54, 1.807) is 0 Å². The van der Waals surface area contributed by atoms with Crippen LogP contribution in [0, 0.1) is 11.3 Å². The lowest BCUT2D eigenvalue weighted by molar-refractivity contribution is -0.146. The lowest BCUT2D eigenvalue weighted by atomic mass is 9.64. The summed E-state index contributed by atoms with van der Waals surface area (Å²) >= 11 is 0. The molecule has 0 aromatic rings. The highest BCUT2D eigenvalue weighted by atomic mass is 16.5. The van der Waals surface area contributed by atoms with Crippen LogP contribution >= 0.6 is 0 Å². The van der Waals surface area contributed by atoms with Gasteiger partial charge in [-0.05, 0) is 38.8 Å². The largest absolute Gasteiger partial charge is 0.378 e. The molecule has 0 radical (unpaired) electrons. The van der Waals surface area contributed by atoms with Crippen LogP contribution in [-0.2, 0) is 4.74 Å². The molecule has 19 heavy (non-hydrogen) atoms. The Balaban J connectivity index is 1.79. The first-order chi connectivity index (χ1) is 8.95. The lowest BCUT2D eigenvalue weighted by Gasteiger charge is -2.55. The van der Waals surface area contributed by atoms with E-state index in [2.05, 4.69) is 44.8 Å². The number of likely N-dealkylation sites (tertiary alicyclic amines) is 1. The van der Waals surface area contributed by atoms with Crippen molar-refractivity contribution in [1.29, 1.82) is 0 Å². The summed E-state index contributed by atoms with van der Waals surface area (Å²) in [5.41, 5.74) is 0.330. The summed E-state index contributed by atoms with van der Waals surface area (Å²) in [5, 5.41) is 3.58. The molecule has 2 aliphatic rings. The molecule has 112 valence electrons. The average Bonchev–Trinajstić information content (AvgIpc) is 2.79. The van der Waals surface area contributed by atoms with Gasteiger partial charge in [-0.25, -0.2) is 0 Å². The van der Waals surface area contributed by atoms with E-state index in [-0.39, 0.29) is 0 Å². The van der Waals surface area contributed by atoms with Crippen LogP contribution in [0.15, 0.2) is 0 Å². The molecule has 3 atom stereocenters. The summed E-state index contributed by atoms with van der Waals surface area (Å²) in [6.45, 7) is 15.9. The van der Waals surface area contributed by atoms with E-state index >= 15 is 0 Å². The standard InChI is InChI=1S/C16H32N2O/c1-6-19-15-9-14(16(15,4)5)18-8-7-13(11-18)10-17-12(2)3/h12-15,17H,6-11H2,1-5H3. The summed E-state index contributed by atoms with van der Waals surface area (Å²) in [6.07, 6.45) is 3.05. The van der Waals surface area contributed by atoms with Gasteiger partial charge in [-0.3, -0.25) is 4.90 Å². The predicted molar refractivity (Wildman–Crippen MR) is 80.4 cm³/mol. The fourth-order valence-corrected chi connectivity index (χ4v) is 3.68. The van der Waals surface area contributed by atoms with Gasteiger partial charge in [0.15, 0.2) is 0 Å². The highest BCUT2D eigenvalue weighted by molar-refractivity contribution is 5.05. The second-order valence-corrected chi connectivity index (χ2v) is 7.23. The van der Waals surface area contributed by atoms with Gasteiger partial charge < -0.3 is 10.1 Å². The maximum atomic E-state index is 5.85. The zero-order chi connectivity index (χ0) is 14.0. The lowest BCUT2D eigenvalue weighted by Crippen LogP contribution is -2.61. The molecule has 0 amide bonds. The Hall–Kier alpha value is -0.120. The van der Waals surface area contributed by atoms with Crippen LogP contribution in [-0.4, -0.2) is 49.3 Å². The second-order valence-electron chi connectivity index (χ2n) is 7.23. The monoisotopic (exact) mass is 268 g/mol. The van der Waals surface area contributed by atoms with Crippen molar-refractivity contribution in [2.45, 2.75) is 65.6 Å². The Bertz CT molecular complexity index is 290. The molecule has 3 heteroatoms. The van der Waals surface area contributed by atoms with Gasteiger partial charge in [0.2, 0.25) is 0 Å². The van der Waals surface area contributed by atoms with Crippen molar-refractivity contribution in [2.24, 2.45) is 11.3 Å². The van der Waals surface area contributed by atoms with E-state index in [1.165, 1.54) is 32.5 Å². The molecule has 3 nitrogen and oxygen atoms in total. The first-order valence-corrected chi connectivity index (χ1v) is 8.04. The van der Waals surface area contributed by atoms with Crippen molar-refractivity contribution in [3.05, 3.63) is 0 Å². The summed E-state index contributed by atoms with van der Waals surface area (Å²) in [5.74, 6) is 0.837. The predicted octanol–water partition coefficient (Wildman–Crippen LogP) is 2.51. The number of hydrogen-bond acceptors (Lipinski definition) is 3. The molecule has 1 saturated heterocycles. The van der Waals surface area contributed by atoms with E-state index in [0.29, 0.717) is 17.6 Å². The Kier molecular flexibility index (Phi) is 4.91. The topological polar surface area (TPSA) is 24.5 Å². The number of nitrogens with one attached hydrogen (secondary N) is 1. The van der Waals surface area contributed by atoms with Crippen LogP contribution < -0.4 is 5.32 Å². The molecule has 2 fully saturated rings. The minimum absolute atomic E-state index is 0.330. The molecule has 0 aromatic heterocycles. The van der Waals surface area contributed by atoms with E-state index < -0.39 is 0 Å². The van der Waals surface area contributed by atoms with Crippen molar-refractivity contribution >= 4 is 0 Å². The third kappa shape index (κ3) is 3.32. The molecule has 1 heterocycles. The SMILES string of the molecule is CCOC1CC(N2CCC(CNC(C)C)C2)C1(C)C. The summed E-state index contributed by atoms with van der Waals surface area (Å²) in [6, 6.07) is 1.34. The van der Waals surface area contributed by atoms with Gasteiger partial charge >= 0.3 is 0 Å².